The molecule has 1 aliphatic carbocycles. The monoisotopic (exact) mass is 189 g/mol. The number of aromatic nitrogens is 3. The number of nitrogens with one attached hydrogen (secondary N) is 2. The molecule has 2 heterocycles. The first kappa shape index (κ1) is 7.79. The Hall–Kier alpha value is -1.58. The minimum Gasteiger partial charge on any atom is -0.343 e. The Bertz CT molecular complexity index is 538. The van der Waals surface area contributed by atoms with Gasteiger partial charge in [-0.15, -0.1) is 0 Å². The van der Waals surface area contributed by atoms with Crippen LogP contribution in [0, 0.1) is 0 Å². The van der Waals surface area contributed by atoms with E-state index in [0.717, 1.165) is 23.9 Å². The number of nitrogens with zero attached hydrogens (tertiary/aromatic N) is 1. The van der Waals surface area contributed by atoms with Crippen LogP contribution in [0.5, 0.6) is 0 Å². The lowest BCUT2D eigenvalue weighted by Gasteiger charge is -2.09. The summed E-state index contributed by atoms with van der Waals surface area (Å²) in [6.45, 7) is 0. The first-order chi connectivity index (χ1) is 6.86. The SMILES string of the molecule is O=c1[nH]cnc2[nH]c3c(c12)CCCC3. The van der Waals surface area contributed by atoms with E-state index in [1.165, 1.54) is 30.4 Å². The minimum absolute atomic E-state index is 0.0191. The number of aromatic amines is 2. The highest BCUT2D eigenvalue weighted by Gasteiger charge is 2.17. The normalized spacial score (nSPS) is 15.7. The van der Waals surface area contributed by atoms with Crippen molar-refractivity contribution in [3.8, 4) is 0 Å². The maximum atomic E-state index is 11.6. The molecule has 0 saturated carbocycles. The van der Waals surface area contributed by atoms with Crippen LogP contribution in [0.1, 0.15) is 24.1 Å². The maximum Gasteiger partial charge on any atom is 0.260 e. The highest BCUT2D eigenvalue weighted by atomic mass is 16.1. The summed E-state index contributed by atoms with van der Waals surface area (Å²) < 4.78 is 0. The molecule has 0 unspecified atom stereocenters. The zero-order valence-corrected chi connectivity index (χ0v) is 7.76. The van der Waals surface area contributed by atoms with Gasteiger partial charge < -0.3 is 9.97 Å². The summed E-state index contributed by atoms with van der Waals surface area (Å²) in [6.07, 6.45) is 5.88. The van der Waals surface area contributed by atoms with Crippen LogP contribution >= 0.6 is 0 Å². The van der Waals surface area contributed by atoms with Gasteiger partial charge in [-0.3, -0.25) is 4.79 Å². The van der Waals surface area contributed by atoms with Crippen LogP contribution in [0.15, 0.2) is 11.1 Å². The molecular weight excluding hydrogens is 178 g/mol. The van der Waals surface area contributed by atoms with Crippen LogP contribution < -0.4 is 5.56 Å². The molecule has 2 N–H and O–H groups in total. The second-order valence-corrected chi connectivity index (χ2v) is 3.74. The minimum atomic E-state index is -0.0191. The lowest BCUT2D eigenvalue weighted by Crippen LogP contribution is -2.08. The highest BCUT2D eigenvalue weighted by Crippen LogP contribution is 2.25. The van der Waals surface area contributed by atoms with Gasteiger partial charge in [0, 0.05) is 5.69 Å². The van der Waals surface area contributed by atoms with E-state index in [4.69, 9.17) is 0 Å². The smallest absolute Gasteiger partial charge is 0.260 e. The van der Waals surface area contributed by atoms with Crippen LogP contribution in [0.4, 0.5) is 0 Å². The molecule has 0 amide bonds. The van der Waals surface area contributed by atoms with Crippen molar-refractivity contribution in [1.82, 2.24) is 15.0 Å². The van der Waals surface area contributed by atoms with Gasteiger partial charge in [0.25, 0.3) is 5.56 Å². The molecule has 0 saturated heterocycles. The Morgan fingerprint density at radius 1 is 1.29 bits per heavy atom. The van der Waals surface area contributed by atoms with E-state index in [0.29, 0.717) is 0 Å². The second-order valence-electron chi connectivity index (χ2n) is 3.74. The summed E-state index contributed by atoms with van der Waals surface area (Å²) in [5.41, 5.74) is 3.10. The first-order valence-electron chi connectivity index (χ1n) is 4.93. The topological polar surface area (TPSA) is 61.5 Å². The number of hydrogen-bond acceptors (Lipinski definition) is 2. The Morgan fingerprint density at radius 2 is 2.14 bits per heavy atom. The number of H-pyrrole nitrogens is 2. The fourth-order valence-electron chi connectivity index (χ4n) is 2.24. The standard InChI is InChI=1S/C10H11N3O/c14-10-8-6-3-1-2-4-7(6)13-9(8)11-5-12-10/h5H,1-4H2,(H2,11,12,13,14). The summed E-state index contributed by atoms with van der Waals surface area (Å²) >= 11 is 0. The van der Waals surface area contributed by atoms with Crippen molar-refractivity contribution in [3.05, 3.63) is 27.9 Å². The first-order valence-corrected chi connectivity index (χ1v) is 4.93. The van der Waals surface area contributed by atoms with Gasteiger partial charge in [-0.1, -0.05) is 0 Å². The molecule has 4 nitrogen and oxygen atoms in total. The summed E-state index contributed by atoms with van der Waals surface area (Å²) in [4.78, 5) is 21.6. The number of fused-ring (bicyclic) bond motifs is 3. The van der Waals surface area contributed by atoms with Gasteiger partial charge in [-0.25, -0.2) is 4.98 Å². The Balaban J connectivity index is 2.44. The maximum absolute atomic E-state index is 11.6. The van der Waals surface area contributed by atoms with Gasteiger partial charge in [0.15, 0.2) is 0 Å². The van der Waals surface area contributed by atoms with Crippen molar-refractivity contribution in [3.63, 3.8) is 0 Å². The van der Waals surface area contributed by atoms with Gasteiger partial charge >= 0.3 is 0 Å². The second kappa shape index (κ2) is 2.70. The van der Waals surface area contributed by atoms with Crippen molar-refractivity contribution < 1.29 is 0 Å². The average Bonchev–Trinajstić information content (AvgIpc) is 2.57. The largest absolute Gasteiger partial charge is 0.343 e. The van der Waals surface area contributed by atoms with Gasteiger partial charge in [0.05, 0.1) is 11.7 Å². The van der Waals surface area contributed by atoms with E-state index in [2.05, 4.69) is 15.0 Å². The van der Waals surface area contributed by atoms with Gasteiger partial charge in [-0.2, -0.15) is 0 Å². The molecule has 3 rings (SSSR count). The van der Waals surface area contributed by atoms with E-state index in [1.807, 2.05) is 0 Å². The van der Waals surface area contributed by atoms with E-state index >= 15 is 0 Å². The highest BCUT2D eigenvalue weighted by molar-refractivity contribution is 5.80. The molecule has 0 aliphatic heterocycles. The lowest BCUT2D eigenvalue weighted by molar-refractivity contribution is 0.679. The Morgan fingerprint density at radius 3 is 3.07 bits per heavy atom. The average molecular weight is 189 g/mol. The number of hydrogen-bond donors (Lipinski definition) is 2. The van der Waals surface area contributed by atoms with Gasteiger partial charge in [0.2, 0.25) is 0 Å². The Labute approximate surface area is 80.4 Å². The van der Waals surface area contributed by atoms with Crippen LogP contribution in [-0.2, 0) is 12.8 Å². The van der Waals surface area contributed by atoms with Crippen molar-refractivity contribution in [2.75, 3.05) is 0 Å². The van der Waals surface area contributed by atoms with E-state index in [9.17, 15) is 4.79 Å². The molecule has 0 aromatic carbocycles. The van der Waals surface area contributed by atoms with Crippen molar-refractivity contribution in [2.24, 2.45) is 0 Å². The molecule has 0 radical (unpaired) electrons. The third-order valence-corrected chi connectivity index (χ3v) is 2.89. The van der Waals surface area contributed by atoms with Crippen LogP contribution in [-0.4, -0.2) is 15.0 Å². The summed E-state index contributed by atoms with van der Waals surface area (Å²) in [5.74, 6) is 0. The van der Waals surface area contributed by atoms with Gasteiger partial charge in [-0.05, 0) is 31.2 Å². The lowest BCUT2D eigenvalue weighted by atomic mass is 9.96. The fourth-order valence-corrected chi connectivity index (χ4v) is 2.24. The third kappa shape index (κ3) is 0.937. The molecule has 4 heteroatoms. The summed E-state index contributed by atoms with van der Waals surface area (Å²) in [6, 6.07) is 0. The molecule has 2 aromatic heterocycles. The molecule has 0 fully saturated rings. The number of aryl methyl sites for hydroxylation is 2. The summed E-state index contributed by atoms with van der Waals surface area (Å²) in [7, 11) is 0. The fraction of sp³-hybridized carbons (Fsp3) is 0.400. The van der Waals surface area contributed by atoms with Crippen molar-refractivity contribution >= 4 is 11.0 Å². The molecule has 14 heavy (non-hydrogen) atoms. The molecule has 72 valence electrons. The zero-order valence-electron chi connectivity index (χ0n) is 7.76. The third-order valence-electron chi connectivity index (χ3n) is 2.89. The molecule has 0 spiro atoms. The predicted octanol–water partition coefficient (Wildman–Crippen LogP) is 1.13. The van der Waals surface area contributed by atoms with Crippen LogP contribution in [0.25, 0.3) is 11.0 Å². The quantitative estimate of drug-likeness (QED) is 0.652. The summed E-state index contributed by atoms with van der Waals surface area (Å²) in [5, 5.41) is 0.766. The predicted molar refractivity (Wildman–Crippen MR) is 53.4 cm³/mol. The van der Waals surface area contributed by atoms with Crippen LogP contribution in [0.2, 0.25) is 0 Å². The molecule has 0 atom stereocenters. The molecule has 0 bridgehead atoms. The van der Waals surface area contributed by atoms with Crippen LogP contribution in [0.3, 0.4) is 0 Å². The number of rotatable bonds is 0. The molecular formula is C10H11N3O. The van der Waals surface area contributed by atoms with E-state index in [1.54, 1.807) is 0 Å². The van der Waals surface area contributed by atoms with E-state index in [-0.39, 0.29) is 5.56 Å². The molecule has 2 aromatic rings. The van der Waals surface area contributed by atoms with Gasteiger partial charge in [0.1, 0.15) is 5.65 Å². The van der Waals surface area contributed by atoms with E-state index < -0.39 is 0 Å². The zero-order chi connectivity index (χ0) is 9.54. The van der Waals surface area contributed by atoms with Crippen molar-refractivity contribution in [1.29, 1.82) is 0 Å². The Kier molecular flexibility index (Phi) is 1.50. The van der Waals surface area contributed by atoms with Crippen molar-refractivity contribution in [2.45, 2.75) is 25.7 Å². The molecule has 1 aliphatic rings.